The molecule has 1 saturated heterocycles. The minimum atomic E-state index is -4.38. The second-order valence-electron chi connectivity index (χ2n) is 5.74. The Labute approximate surface area is 136 Å². The van der Waals surface area contributed by atoms with Gasteiger partial charge in [0.1, 0.15) is 5.60 Å². The lowest BCUT2D eigenvalue weighted by Gasteiger charge is -2.38. The Hall–Kier alpha value is -1.73. The number of nitrogens with zero attached hydrogens (tertiary/aromatic N) is 1. The Kier molecular flexibility index (Phi) is 4.25. The van der Waals surface area contributed by atoms with Gasteiger partial charge in [0.25, 0.3) is 0 Å². The Morgan fingerprint density at radius 3 is 1.87 bits per heavy atom. The molecule has 1 aliphatic rings. The van der Waals surface area contributed by atoms with Crippen molar-refractivity contribution in [2.75, 3.05) is 6.54 Å². The summed E-state index contributed by atoms with van der Waals surface area (Å²) in [5.74, 6) is 0. The normalized spacial score (nSPS) is 19.8. The standard InChI is InChI=1S/C17H19NO4S/c19-17(14-8-3-1-4-9-14,15-10-5-2-6-11-15)16-12-7-13-18(16)23(20,21)22/h1-6,8-11,16,19H,7,12-13H2,(H,20,21,22)/t16-/m1/s1. The zero-order valence-corrected chi connectivity index (χ0v) is 13.4. The Morgan fingerprint density at radius 1 is 0.957 bits per heavy atom. The second-order valence-corrected chi connectivity index (χ2v) is 7.11. The van der Waals surface area contributed by atoms with Gasteiger partial charge in [-0.05, 0) is 24.0 Å². The summed E-state index contributed by atoms with van der Waals surface area (Å²) in [6.07, 6.45) is 1.06. The third-order valence-corrected chi connectivity index (χ3v) is 5.44. The van der Waals surface area contributed by atoms with Crippen molar-refractivity contribution < 1.29 is 18.1 Å². The Bertz CT molecular complexity index is 722. The smallest absolute Gasteiger partial charge is 0.336 e. The lowest BCUT2D eigenvalue weighted by molar-refractivity contribution is 0.0182. The predicted octanol–water partition coefficient (Wildman–Crippen LogP) is 2.19. The molecule has 3 rings (SSSR count). The van der Waals surface area contributed by atoms with Crippen LogP contribution in [0.5, 0.6) is 0 Å². The van der Waals surface area contributed by atoms with E-state index >= 15 is 0 Å². The molecular formula is C17H19NO4S. The lowest BCUT2D eigenvalue weighted by Crippen LogP contribution is -2.50. The average Bonchev–Trinajstić information content (AvgIpc) is 3.06. The van der Waals surface area contributed by atoms with Gasteiger partial charge in [0, 0.05) is 6.54 Å². The lowest BCUT2D eigenvalue weighted by atomic mass is 9.79. The number of aliphatic hydroxyl groups is 1. The van der Waals surface area contributed by atoms with Gasteiger partial charge in [-0.3, -0.25) is 4.55 Å². The molecule has 0 aromatic heterocycles. The van der Waals surface area contributed by atoms with Crippen molar-refractivity contribution in [1.82, 2.24) is 4.31 Å². The van der Waals surface area contributed by atoms with Gasteiger partial charge in [-0.1, -0.05) is 60.7 Å². The first kappa shape index (κ1) is 16.1. The van der Waals surface area contributed by atoms with E-state index in [1.807, 2.05) is 12.1 Å². The van der Waals surface area contributed by atoms with Crippen molar-refractivity contribution >= 4 is 10.3 Å². The van der Waals surface area contributed by atoms with Crippen LogP contribution in [-0.4, -0.2) is 35.0 Å². The van der Waals surface area contributed by atoms with Crippen molar-refractivity contribution in [2.45, 2.75) is 24.5 Å². The highest BCUT2D eigenvalue weighted by atomic mass is 32.2. The van der Waals surface area contributed by atoms with Crippen molar-refractivity contribution in [3.05, 3.63) is 71.8 Å². The maximum atomic E-state index is 11.7. The third-order valence-electron chi connectivity index (χ3n) is 4.41. The monoisotopic (exact) mass is 333 g/mol. The van der Waals surface area contributed by atoms with Crippen LogP contribution in [-0.2, 0) is 15.9 Å². The minimum Gasteiger partial charge on any atom is -0.379 e. The molecular weight excluding hydrogens is 314 g/mol. The molecule has 5 nitrogen and oxygen atoms in total. The molecule has 0 aliphatic carbocycles. The van der Waals surface area contributed by atoms with E-state index in [0.717, 1.165) is 4.31 Å². The SMILES string of the molecule is O=S(=O)(O)N1CCC[C@@H]1C(O)(c1ccccc1)c1ccccc1. The molecule has 0 saturated carbocycles. The highest BCUT2D eigenvalue weighted by Gasteiger charge is 2.48. The first-order valence-corrected chi connectivity index (χ1v) is 8.91. The van der Waals surface area contributed by atoms with Crippen LogP contribution >= 0.6 is 0 Å². The molecule has 122 valence electrons. The van der Waals surface area contributed by atoms with E-state index in [1.165, 1.54) is 0 Å². The summed E-state index contributed by atoms with van der Waals surface area (Å²) in [6, 6.07) is 17.2. The molecule has 1 fully saturated rings. The minimum absolute atomic E-state index is 0.200. The summed E-state index contributed by atoms with van der Waals surface area (Å²) in [6.45, 7) is 0.200. The van der Waals surface area contributed by atoms with Gasteiger partial charge in [0.05, 0.1) is 6.04 Å². The first-order valence-electron chi connectivity index (χ1n) is 7.51. The molecule has 1 heterocycles. The second kappa shape index (κ2) is 6.05. The van der Waals surface area contributed by atoms with E-state index in [4.69, 9.17) is 0 Å². The van der Waals surface area contributed by atoms with Crippen LogP contribution in [0.25, 0.3) is 0 Å². The average molecular weight is 333 g/mol. The van der Waals surface area contributed by atoms with Gasteiger partial charge < -0.3 is 5.11 Å². The van der Waals surface area contributed by atoms with Gasteiger partial charge >= 0.3 is 10.3 Å². The summed E-state index contributed by atoms with van der Waals surface area (Å²) in [5.41, 5.74) is -0.312. The molecule has 0 amide bonds. The highest BCUT2D eigenvalue weighted by Crippen LogP contribution is 2.40. The van der Waals surface area contributed by atoms with E-state index in [1.54, 1.807) is 48.5 Å². The molecule has 0 spiro atoms. The molecule has 0 radical (unpaired) electrons. The largest absolute Gasteiger partial charge is 0.379 e. The topological polar surface area (TPSA) is 77.8 Å². The van der Waals surface area contributed by atoms with Crippen molar-refractivity contribution in [2.24, 2.45) is 0 Å². The molecule has 2 aromatic rings. The van der Waals surface area contributed by atoms with Crippen LogP contribution in [0.1, 0.15) is 24.0 Å². The van der Waals surface area contributed by atoms with Crippen LogP contribution < -0.4 is 0 Å². The summed E-state index contributed by atoms with van der Waals surface area (Å²) in [5, 5.41) is 11.6. The van der Waals surface area contributed by atoms with E-state index in [2.05, 4.69) is 0 Å². The fourth-order valence-electron chi connectivity index (χ4n) is 3.37. The zero-order valence-electron chi connectivity index (χ0n) is 12.5. The highest BCUT2D eigenvalue weighted by molar-refractivity contribution is 7.83. The maximum Gasteiger partial charge on any atom is 0.336 e. The van der Waals surface area contributed by atoms with Crippen LogP contribution in [0, 0.1) is 0 Å². The van der Waals surface area contributed by atoms with E-state index in [9.17, 15) is 18.1 Å². The molecule has 6 heteroatoms. The van der Waals surface area contributed by atoms with E-state index < -0.39 is 21.9 Å². The molecule has 2 N–H and O–H groups in total. The molecule has 1 atom stereocenters. The van der Waals surface area contributed by atoms with Crippen LogP contribution in [0.15, 0.2) is 60.7 Å². The molecule has 0 bridgehead atoms. The van der Waals surface area contributed by atoms with Crippen molar-refractivity contribution in [3.8, 4) is 0 Å². The van der Waals surface area contributed by atoms with Crippen LogP contribution in [0.3, 0.4) is 0 Å². The number of rotatable bonds is 4. The number of benzene rings is 2. The number of hydrogen-bond donors (Lipinski definition) is 2. The van der Waals surface area contributed by atoms with E-state index in [-0.39, 0.29) is 6.54 Å². The van der Waals surface area contributed by atoms with Gasteiger partial charge in [0.15, 0.2) is 0 Å². The molecule has 0 unspecified atom stereocenters. The summed E-state index contributed by atoms with van der Waals surface area (Å²) in [4.78, 5) is 0. The zero-order chi connectivity index (χ0) is 16.5. The van der Waals surface area contributed by atoms with Crippen LogP contribution in [0.4, 0.5) is 0 Å². The summed E-state index contributed by atoms with van der Waals surface area (Å²) in [7, 11) is -4.38. The predicted molar refractivity (Wildman–Crippen MR) is 87.2 cm³/mol. The summed E-state index contributed by atoms with van der Waals surface area (Å²) >= 11 is 0. The van der Waals surface area contributed by atoms with Crippen molar-refractivity contribution in [1.29, 1.82) is 0 Å². The molecule has 2 aromatic carbocycles. The molecule has 23 heavy (non-hydrogen) atoms. The fourth-order valence-corrected chi connectivity index (χ4v) is 4.31. The van der Waals surface area contributed by atoms with Gasteiger partial charge in [-0.25, -0.2) is 0 Å². The van der Waals surface area contributed by atoms with Crippen molar-refractivity contribution in [3.63, 3.8) is 0 Å². The summed E-state index contributed by atoms with van der Waals surface area (Å²) < 4.78 is 34.0. The van der Waals surface area contributed by atoms with Gasteiger partial charge in [0.2, 0.25) is 0 Å². The quantitative estimate of drug-likeness (QED) is 0.841. The van der Waals surface area contributed by atoms with Gasteiger partial charge in [-0.2, -0.15) is 12.7 Å². The van der Waals surface area contributed by atoms with Gasteiger partial charge in [-0.15, -0.1) is 0 Å². The Balaban J connectivity index is 2.17. The van der Waals surface area contributed by atoms with Crippen LogP contribution in [0.2, 0.25) is 0 Å². The molecule has 1 aliphatic heterocycles. The first-order chi connectivity index (χ1) is 10.9. The fraction of sp³-hybridized carbons (Fsp3) is 0.294. The Morgan fingerprint density at radius 2 is 1.43 bits per heavy atom. The third kappa shape index (κ3) is 2.90. The van der Waals surface area contributed by atoms with E-state index in [0.29, 0.717) is 24.0 Å². The maximum absolute atomic E-state index is 11.7. The number of hydrogen-bond acceptors (Lipinski definition) is 3.